The Bertz CT molecular complexity index is 190. The third-order valence-electron chi connectivity index (χ3n) is 0.614. The van der Waals surface area contributed by atoms with Gasteiger partial charge in [0, 0.05) is 0 Å². The van der Waals surface area contributed by atoms with Crippen LogP contribution in [0.5, 0.6) is 0 Å². The van der Waals surface area contributed by atoms with Crippen LogP contribution in [0.1, 0.15) is 0 Å². The van der Waals surface area contributed by atoms with Crippen LogP contribution in [-0.4, -0.2) is 12.2 Å². The van der Waals surface area contributed by atoms with Crippen LogP contribution in [0, 0.1) is 17.9 Å². The fourth-order valence-electron chi connectivity index (χ4n) is 0.217. The van der Waals surface area contributed by atoms with E-state index in [1.54, 1.807) is 0 Å². The number of nitrogens with zero attached hydrogens (tertiary/aromatic N) is 2. The average Bonchev–Trinajstić information content (AvgIpc) is 1.90. The molecule has 0 aromatic rings. The van der Waals surface area contributed by atoms with Crippen molar-refractivity contribution < 1.29 is 9.84 Å². The Morgan fingerprint density at radius 1 is 1.89 bits per heavy atom. The summed E-state index contributed by atoms with van der Waals surface area (Å²) in [5.41, 5.74) is -0.433. The van der Waals surface area contributed by atoms with Gasteiger partial charge in [0.1, 0.15) is 0 Å². The van der Waals surface area contributed by atoms with E-state index in [0.29, 0.717) is 0 Å². The molecule has 1 N–H and O–H groups in total. The largest absolute Gasteiger partial charge is 0.489 e. The van der Waals surface area contributed by atoms with E-state index < -0.39 is 11.6 Å². The molecule has 0 unspecified atom stereocenters. The lowest BCUT2D eigenvalue weighted by Gasteiger charge is -1.93. The van der Waals surface area contributed by atoms with Gasteiger partial charge in [-0.25, -0.2) is 10.1 Å². The molecule has 0 radical (unpaired) electrons. The number of aliphatic hydroxyl groups is 1. The lowest BCUT2D eigenvalue weighted by molar-refractivity contribution is 0.134. The first-order chi connectivity index (χ1) is 4.26. The first-order valence-electron chi connectivity index (χ1n) is 2.01. The molecule has 4 nitrogen and oxygen atoms in total. The first kappa shape index (κ1) is 7.32. The third-order valence-corrected chi connectivity index (χ3v) is 0.614. The monoisotopic (exact) mass is 124 g/mol. The molecule has 0 saturated carbocycles. The summed E-state index contributed by atoms with van der Waals surface area (Å²) in [6, 6.07) is 1.45. The molecular weight excluding hydrogens is 120 g/mol. The van der Waals surface area contributed by atoms with Crippen LogP contribution in [0.25, 0.3) is 4.85 Å². The maximum atomic E-state index is 8.54. The number of hydrogen-bond donors (Lipinski definition) is 1. The molecule has 0 aromatic heterocycles. The Kier molecular flexibility index (Phi) is 2.72. The summed E-state index contributed by atoms with van der Waals surface area (Å²) in [5.74, 6) is -0.632. The summed E-state index contributed by atoms with van der Waals surface area (Å²) < 4.78 is 4.19. The van der Waals surface area contributed by atoms with Gasteiger partial charge in [0.05, 0.1) is 19.8 Å². The molecule has 0 heterocycles. The standard InChI is InChI=1S/C5H4N2O2/c1-7-4(3-6)5(8)9-2/h8H,2H3/b5-4-. The predicted octanol–water partition coefficient (Wildman–Crippen LogP) is 0.803. The zero-order chi connectivity index (χ0) is 7.28. The van der Waals surface area contributed by atoms with Gasteiger partial charge in [-0.1, -0.05) is 0 Å². The highest BCUT2D eigenvalue weighted by atomic mass is 16.6. The quantitative estimate of drug-likeness (QED) is 0.319. The van der Waals surface area contributed by atoms with Crippen molar-refractivity contribution >= 4 is 0 Å². The lowest BCUT2D eigenvalue weighted by Crippen LogP contribution is -1.86. The molecule has 0 atom stereocenters. The van der Waals surface area contributed by atoms with Crippen molar-refractivity contribution in [3.05, 3.63) is 23.1 Å². The molecule has 0 spiro atoms. The highest BCUT2D eigenvalue weighted by molar-refractivity contribution is 5.27. The van der Waals surface area contributed by atoms with Crippen LogP contribution in [-0.2, 0) is 4.74 Å². The van der Waals surface area contributed by atoms with Gasteiger partial charge < -0.3 is 9.84 Å². The smallest absolute Gasteiger partial charge is 0.338 e. The fourth-order valence-corrected chi connectivity index (χ4v) is 0.217. The van der Waals surface area contributed by atoms with Gasteiger partial charge in [-0.05, 0) is 0 Å². The second kappa shape index (κ2) is 3.34. The van der Waals surface area contributed by atoms with E-state index in [-0.39, 0.29) is 0 Å². The van der Waals surface area contributed by atoms with Crippen LogP contribution in [0.2, 0.25) is 0 Å². The minimum Gasteiger partial charge on any atom is -0.489 e. The van der Waals surface area contributed by atoms with Gasteiger partial charge >= 0.3 is 5.70 Å². The van der Waals surface area contributed by atoms with Crippen molar-refractivity contribution in [2.24, 2.45) is 0 Å². The highest BCUT2D eigenvalue weighted by Crippen LogP contribution is 2.00. The number of allylic oxidation sites excluding steroid dienone is 1. The Hall–Kier alpha value is -1.68. The summed E-state index contributed by atoms with van der Waals surface area (Å²) in [6.07, 6.45) is 0. The molecule has 0 rings (SSSR count). The molecular formula is C5H4N2O2. The molecule has 0 aliphatic rings. The zero-order valence-corrected chi connectivity index (χ0v) is 4.75. The molecule has 0 amide bonds. The molecule has 4 heteroatoms. The zero-order valence-electron chi connectivity index (χ0n) is 4.75. The third kappa shape index (κ3) is 1.70. The average molecular weight is 124 g/mol. The summed E-state index contributed by atoms with van der Waals surface area (Å²) in [4.78, 5) is 2.67. The van der Waals surface area contributed by atoms with E-state index in [1.807, 2.05) is 0 Å². The van der Waals surface area contributed by atoms with Crippen molar-refractivity contribution in [3.8, 4) is 6.07 Å². The predicted molar refractivity (Wildman–Crippen MR) is 28.9 cm³/mol. The summed E-state index contributed by atoms with van der Waals surface area (Å²) in [5, 5.41) is 16.6. The van der Waals surface area contributed by atoms with Crippen molar-refractivity contribution in [2.75, 3.05) is 7.11 Å². The summed E-state index contributed by atoms with van der Waals surface area (Å²) in [6.45, 7) is 6.30. The number of aliphatic hydroxyl groups excluding tert-OH is 1. The molecule has 9 heavy (non-hydrogen) atoms. The fraction of sp³-hybridized carbons (Fsp3) is 0.200. The Morgan fingerprint density at radius 2 is 2.44 bits per heavy atom. The Balaban J connectivity index is 4.49. The number of methoxy groups -OCH3 is 1. The molecule has 0 aromatic carbocycles. The van der Waals surface area contributed by atoms with E-state index in [9.17, 15) is 0 Å². The van der Waals surface area contributed by atoms with Crippen molar-refractivity contribution in [1.82, 2.24) is 0 Å². The van der Waals surface area contributed by atoms with E-state index in [2.05, 4.69) is 9.58 Å². The molecule has 0 aliphatic carbocycles. The van der Waals surface area contributed by atoms with Crippen LogP contribution in [0.3, 0.4) is 0 Å². The SMILES string of the molecule is [C-]#[N+]/C(C#N)=C(/O)OC. The van der Waals surface area contributed by atoms with E-state index >= 15 is 0 Å². The minimum atomic E-state index is -0.632. The minimum absolute atomic E-state index is 0.433. The van der Waals surface area contributed by atoms with E-state index in [4.69, 9.17) is 16.9 Å². The maximum Gasteiger partial charge on any atom is 0.338 e. The van der Waals surface area contributed by atoms with Gasteiger partial charge in [-0.15, -0.1) is 0 Å². The number of nitriles is 1. The first-order valence-corrected chi connectivity index (χ1v) is 2.01. The van der Waals surface area contributed by atoms with Crippen molar-refractivity contribution in [1.29, 1.82) is 5.26 Å². The van der Waals surface area contributed by atoms with Crippen LogP contribution in [0.4, 0.5) is 0 Å². The Labute approximate surface area is 52.4 Å². The molecule has 0 saturated heterocycles. The van der Waals surface area contributed by atoms with Crippen LogP contribution >= 0.6 is 0 Å². The van der Waals surface area contributed by atoms with E-state index in [1.165, 1.54) is 13.2 Å². The maximum absolute atomic E-state index is 8.54. The lowest BCUT2D eigenvalue weighted by atomic mass is 10.5. The van der Waals surface area contributed by atoms with Crippen LogP contribution < -0.4 is 0 Å². The van der Waals surface area contributed by atoms with Gasteiger partial charge in [-0.3, -0.25) is 0 Å². The van der Waals surface area contributed by atoms with Crippen LogP contribution in [0.15, 0.2) is 11.6 Å². The van der Waals surface area contributed by atoms with E-state index in [0.717, 1.165) is 0 Å². The molecule has 0 fully saturated rings. The second-order valence-corrected chi connectivity index (χ2v) is 1.08. The topological polar surface area (TPSA) is 57.6 Å². The normalized spacial score (nSPS) is 10.6. The van der Waals surface area contributed by atoms with Gasteiger partial charge in [0.25, 0.3) is 5.95 Å². The number of rotatable bonds is 1. The second-order valence-electron chi connectivity index (χ2n) is 1.08. The molecule has 46 valence electrons. The molecule has 0 bridgehead atoms. The highest BCUT2D eigenvalue weighted by Gasteiger charge is 2.01. The van der Waals surface area contributed by atoms with Gasteiger partial charge in [0.15, 0.2) is 0 Å². The number of hydrogen-bond acceptors (Lipinski definition) is 3. The Morgan fingerprint density at radius 3 is 2.56 bits per heavy atom. The van der Waals surface area contributed by atoms with Gasteiger partial charge in [0.2, 0.25) is 0 Å². The molecule has 0 aliphatic heterocycles. The summed E-state index contributed by atoms with van der Waals surface area (Å²) >= 11 is 0. The summed E-state index contributed by atoms with van der Waals surface area (Å²) in [7, 11) is 1.18. The van der Waals surface area contributed by atoms with Crippen molar-refractivity contribution in [3.63, 3.8) is 0 Å². The van der Waals surface area contributed by atoms with Crippen molar-refractivity contribution in [2.45, 2.75) is 0 Å². The number of ether oxygens (including phenoxy) is 1. The van der Waals surface area contributed by atoms with Gasteiger partial charge in [-0.2, -0.15) is 0 Å².